The molecule has 0 bridgehead atoms. The number of hydrogen-bond donors (Lipinski definition) is 7. The summed E-state index contributed by atoms with van der Waals surface area (Å²) >= 11 is 0. The number of imide groups is 2. The number of aliphatic hydroxyl groups is 2. The number of hydrazone groups is 2. The van der Waals surface area contributed by atoms with Crippen LogP contribution in [0.2, 0.25) is 0 Å². The number of carbonyl (C=O) groups is 8. The number of ether oxygens (including phenoxy) is 3. The Kier molecular flexibility index (Phi) is 20.4. The van der Waals surface area contributed by atoms with Gasteiger partial charge in [0.1, 0.15) is 24.4 Å². The highest BCUT2D eigenvalue weighted by atomic mass is 32.3. The van der Waals surface area contributed by atoms with Crippen LogP contribution in [0, 0.1) is 5.92 Å². The summed E-state index contributed by atoms with van der Waals surface area (Å²) in [5.74, 6) is -7.33. The van der Waals surface area contributed by atoms with E-state index in [0.717, 1.165) is 41.0 Å². The Morgan fingerprint density at radius 3 is 1.78 bits per heavy atom. The van der Waals surface area contributed by atoms with Crippen LogP contribution in [0.25, 0.3) is 0 Å². The predicted octanol–water partition coefficient (Wildman–Crippen LogP) is -3.11. The number of rotatable bonds is 21. The second kappa shape index (κ2) is 24.0. The molecule has 3 aliphatic rings. The monoisotopic (exact) mass is 875 g/mol. The zero-order valence-electron chi connectivity index (χ0n) is 33.1. The van der Waals surface area contributed by atoms with Crippen molar-refractivity contribution in [3.05, 3.63) is 24.3 Å². The van der Waals surface area contributed by atoms with Gasteiger partial charge in [-0.2, -0.15) is 18.6 Å². The average molecular weight is 876 g/mol. The van der Waals surface area contributed by atoms with E-state index in [1.165, 1.54) is 6.42 Å². The Labute approximate surface area is 343 Å². The Hall–Kier alpha value is -5.35. The Morgan fingerprint density at radius 2 is 1.37 bits per heavy atom. The van der Waals surface area contributed by atoms with Crippen molar-refractivity contribution in [2.24, 2.45) is 16.1 Å². The third-order valence-corrected chi connectivity index (χ3v) is 8.45. The first-order valence-corrected chi connectivity index (χ1v) is 19.6. The van der Waals surface area contributed by atoms with Gasteiger partial charge in [-0.3, -0.25) is 47.9 Å². The van der Waals surface area contributed by atoms with Crippen molar-refractivity contribution in [1.29, 1.82) is 0 Å². The maximum atomic E-state index is 12.5. The largest absolute Gasteiger partial charge is 0.479 e. The van der Waals surface area contributed by atoms with Gasteiger partial charge in [0.25, 0.3) is 23.6 Å². The van der Waals surface area contributed by atoms with Gasteiger partial charge < -0.3 is 34.8 Å². The van der Waals surface area contributed by atoms with Gasteiger partial charge in [0, 0.05) is 57.2 Å². The minimum atomic E-state index is -5.05. The molecule has 3 heterocycles. The number of nitrogens with zero attached hydrogens (tertiary/aromatic N) is 4. The minimum absolute atomic E-state index is 0.311. The van der Waals surface area contributed by atoms with Gasteiger partial charge in [-0.05, 0) is 5.92 Å². The van der Waals surface area contributed by atoms with Crippen LogP contribution < -0.4 is 16.2 Å². The first-order chi connectivity index (χ1) is 28.1. The molecule has 7 amide bonds. The fourth-order valence-electron chi connectivity index (χ4n) is 5.37. The van der Waals surface area contributed by atoms with Crippen LogP contribution in [0.1, 0.15) is 53.9 Å². The molecule has 8 atom stereocenters. The molecule has 0 saturated carbocycles. The summed E-state index contributed by atoms with van der Waals surface area (Å²) in [5.41, 5.74) is 4.02. The summed E-state index contributed by atoms with van der Waals surface area (Å²) in [4.78, 5) is 97.8. The van der Waals surface area contributed by atoms with E-state index in [1.807, 2.05) is 10.9 Å². The second-order valence-electron chi connectivity index (χ2n) is 13.3. The van der Waals surface area contributed by atoms with Crippen LogP contribution in [0.3, 0.4) is 0 Å². The zero-order chi connectivity index (χ0) is 45.3. The predicted molar refractivity (Wildman–Crippen MR) is 202 cm³/mol. The standard InChI is InChI=1S/C31H41N7O18S.C3H8/c1-15(2)28-26(34-16(3)39)30(27(47)18(54-28)14-53-57(50,51)52)56-25(13-33-36-20(42)9-11-38-23(45)6-7-24(38)46)55-29(31(48)49)17(40)12-32-35-19(41)8-10-37-21(43)4-5-22(37)44;1-3-2/h4-7,12-13,15,17-18,25-30,40,47H,8-11,14H2,1-3H3,(H,34,39)(H,35,41)(H,36,42)(H,48,49)(H,50,51,52);3H2,1-2H3/b32-12+,33-13-;. The van der Waals surface area contributed by atoms with Crippen molar-refractivity contribution in [2.45, 2.75) is 103 Å². The molecular weight excluding hydrogens is 826 g/mol. The lowest BCUT2D eigenvalue weighted by molar-refractivity contribution is -0.253. The number of hydrogen-bond acceptors (Lipinski definition) is 18. The lowest BCUT2D eigenvalue weighted by Crippen LogP contribution is -2.66. The minimum Gasteiger partial charge on any atom is -0.479 e. The van der Waals surface area contributed by atoms with Gasteiger partial charge in [-0.1, -0.05) is 34.1 Å². The van der Waals surface area contributed by atoms with Crippen LogP contribution in [-0.4, -0.2) is 166 Å². The molecular formula is C34H49N7O18S. The van der Waals surface area contributed by atoms with Gasteiger partial charge in [0.15, 0.2) is 12.4 Å². The van der Waals surface area contributed by atoms with Crippen molar-refractivity contribution in [3.8, 4) is 0 Å². The highest BCUT2D eigenvalue weighted by molar-refractivity contribution is 7.80. The van der Waals surface area contributed by atoms with Gasteiger partial charge in [0.2, 0.25) is 17.7 Å². The fourth-order valence-corrected chi connectivity index (χ4v) is 5.67. The van der Waals surface area contributed by atoms with Gasteiger partial charge in [0.05, 0.1) is 31.2 Å². The summed E-state index contributed by atoms with van der Waals surface area (Å²) in [7, 11) is -5.05. The molecule has 0 aromatic carbocycles. The molecule has 1 fully saturated rings. The Balaban J connectivity index is 0.00000401. The van der Waals surface area contributed by atoms with Gasteiger partial charge in [-0.25, -0.2) is 19.8 Å². The first kappa shape index (κ1) is 50.8. The van der Waals surface area contributed by atoms with Crippen LogP contribution in [0.15, 0.2) is 34.5 Å². The third kappa shape index (κ3) is 16.4. The van der Waals surface area contributed by atoms with Crippen LogP contribution >= 0.6 is 0 Å². The van der Waals surface area contributed by atoms with Crippen LogP contribution in [0.5, 0.6) is 0 Å². The molecule has 60 heavy (non-hydrogen) atoms. The van der Waals surface area contributed by atoms with E-state index in [4.69, 9.17) is 18.8 Å². The van der Waals surface area contributed by atoms with Gasteiger partial charge >= 0.3 is 16.4 Å². The number of carbonyl (C=O) groups excluding carboxylic acids is 7. The summed E-state index contributed by atoms with van der Waals surface area (Å²) in [6, 6.07) is -1.29. The Bertz CT molecular complexity index is 1780. The number of aliphatic hydroxyl groups excluding tert-OH is 2. The van der Waals surface area contributed by atoms with E-state index in [9.17, 15) is 62.1 Å². The highest BCUT2D eigenvalue weighted by Gasteiger charge is 2.49. The summed E-state index contributed by atoms with van der Waals surface area (Å²) in [6.07, 6.45) is -7.24. The molecule has 334 valence electrons. The van der Waals surface area contributed by atoms with E-state index >= 15 is 0 Å². The van der Waals surface area contributed by atoms with Crippen molar-refractivity contribution in [3.63, 3.8) is 0 Å². The SMILES string of the molecule is CC(=O)NC1C(C(C)C)OC(COS(=O)(=O)O)C(O)C1OC(/C=N\NC(=O)CCN1C(=O)C=CC1=O)OC(C(=O)O)C(O)/C=N/NC(=O)CCN1C(=O)C=CC1=O.CCC. The number of carboxylic acid groups (broad SMARTS) is 1. The second-order valence-corrected chi connectivity index (χ2v) is 14.4. The van der Waals surface area contributed by atoms with Crippen molar-refractivity contribution < 1.29 is 85.0 Å². The molecule has 0 spiro atoms. The molecule has 0 radical (unpaired) electrons. The topological polar surface area (TPSA) is 356 Å². The van der Waals surface area contributed by atoms with Crippen LogP contribution in [0.4, 0.5) is 0 Å². The summed E-state index contributed by atoms with van der Waals surface area (Å²) in [5, 5.41) is 41.6. The molecule has 26 heteroatoms. The average Bonchev–Trinajstić information content (AvgIpc) is 3.65. The van der Waals surface area contributed by atoms with E-state index in [2.05, 4.69) is 33.6 Å². The smallest absolute Gasteiger partial charge is 0.397 e. The normalized spacial score (nSPS) is 23.2. The molecule has 0 aromatic rings. The number of amides is 7. The molecule has 8 unspecified atom stereocenters. The number of aliphatic carboxylic acids is 1. The molecule has 3 rings (SSSR count). The van der Waals surface area contributed by atoms with Crippen molar-refractivity contribution in [1.82, 2.24) is 26.0 Å². The van der Waals surface area contributed by atoms with E-state index < -0.39 is 132 Å². The lowest BCUT2D eigenvalue weighted by atomic mass is 9.87. The molecule has 3 aliphatic heterocycles. The molecule has 25 nitrogen and oxygen atoms in total. The maximum Gasteiger partial charge on any atom is 0.397 e. The molecule has 0 aromatic heterocycles. The summed E-state index contributed by atoms with van der Waals surface area (Å²) < 4.78 is 53.3. The van der Waals surface area contributed by atoms with Crippen molar-refractivity contribution >= 4 is 70.1 Å². The van der Waals surface area contributed by atoms with E-state index in [1.54, 1.807) is 13.8 Å². The number of carboxylic acids is 1. The highest BCUT2D eigenvalue weighted by Crippen LogP contribution is 2.29. The van der Waals surface area contributed by atoms with Gasteiger partial charge in [-0.15, -0.1) is 0 Å². The van der Waals surface area contributed by atoms with E-state index in [0.29, 0.717) is 12.4 Å². The maximum absolute atomic E-state index is 12.5. The quantitative estimate of drug-likeness (QED) is 0.0197. The van der Waals surface area contributed by atoms with E-state index in [-0.39, 0.29) is 13.1 Å². The lowest BCUT2D eigenvalue weighted by Gasteiger charge is -2.46. The fraction of sp³-hybridized carbons (Fsp3) is 0.588. The van der Waals surface area contributed by atoms with Crippen molar-refractivity contribution in [2.75, 3.05) is 19.7 Å². The molecule has 7 N–H and O–H groups in total. The first-order valence-electron chi connectivity index (χ1n) is 18.2. The number of nitrogens with one attached hydrogen (secondary N) is 3. The van der Waals surface area contributed by atoms with Crippen LogP contribution in [-0.2, 0) is 67.1 Å². The Morgan fingerprint density at radius 1 is 0.900 bits per heavy atom. The third-order valence-electron chi connectivity index (χ3n) is 8.02. The summed E-state index contributed by atoms with van der Waals surface area (Å²) in [6.45, 7) is 6.98. The molecule has 0 aliphatic carbocycles. The zero-order valence-corrected chi connectivity index (χ0v) is 33.9. The molecule has 1 saturated heterocycles.